The van der Waals surface area contributed by atoms with Crippen molar-refractivity contribution in [1.29, 1.82) is 0 Å². The van der Waals surface area contributed by atoms with Crippen molar-refractivity contribution in [3.8, 4) is 0 Å². The first-order valence-corrected chi connectivity index (χ1v) is 5.42. The maximum atomic E-state index is 10.5. The van der Waals surface area contributed by atoms with Gasteiger partial charge >= 0.3 is 5.97 Å². The Labute approximate surface area is 82.2 Å². The predicted octanol–water partition coefficient (Wildman–Crippen LogP) is 2.75. The molecule has 0 N–H and O–H groups in total. The second-order valence-electron chi connectivity index (χ2n) is 3.01. The molecule has 2 unspecified atom stereocenters. The fourth-order valence-electron chi connectivity index (χ4n) is 1.29. The second-order valence-corrected chi connectivity index (χ2v) is 4.54. The second kappa shape index (κ2) is 4.97. The van der Waals surface area contributed by atoms with Crippen LogP contribution in [0.1, 0.15) is 32.6 Å². The van der Waals surface area contributed by atoms with Gasteiger partial charge in [0.05, 0.1) is 17.3 Å². The molecule has 1 saturated carbocycles. The number of carbonyl (C=O) groups excluding carboxylic acids is 1. The van der Waals surface area contributed by atoms with E-state index in [4.69, 9.17) is 15.8 Å². The molecule has 0 aromatic carbocycles. The van der Waals surface area contributed by atoms with Gasteiger partial charge in [0.15, 0.2) is 0 Å². The van der Waals surface area contributed by atoms with Gasteiger partial charge in [-0.3, -0.25) is 4.79 Å². The van der Waals surface area contributed by atoms with Gasteiger partial charge in [-0.1, -0.05) is 12.8 Å². The number of hydrogen-bond acceptors (Lipinski definition) is 3. The van der Waals surface area contributed by atoms with E-state index in [0.29, 0.717) is 5.25 Å². The highest BCUT2D eigenvalue weighted by Gasteiger charge is 2.25. The summed E-state index contributed by atoms with van der Waals surface area (Å²) in [5, 5.41) is 0.465. The van der Waals surface area contributed by atoms with Crippen molar-refractivity contribution in [1.82, 2.24) is 0 Å². The van der Waals surface area contributed by atoms with Gasteiger partial charge in [0.25, 0.3) is 0 Å². The maximum absolute atomic E-state index is 10.5. The summed E-state index contributed by atoms with van der Waals surface area (Å²) in [6.45, 7) is 1.42. The van der Waals surface area contributed by atoms with E-state index in [0.717, 1.165) is 12.8 Å². The van der Waals surface area contributed by atoms with Gasteiger partial charge in [0.2, 0.25) is 0 Å². The Balaban J connectivity index is 2.24. The lowest BCUT2D eigenvalue weighted by Gasteiger charge is -2.24. The van der Waals surface area contributed by atoms with Crippen LogP contribution in [0.4, 0.5) is 0 Å². The minimum atomic E-state index is -0.241. The van der Waals surface area contributed by atoms with Crippen molar-refractivity contribution in [3.05, 3.63) is 0 Å². The van der Waals surface area contributed by atoms with E-state index in [9.17, 15) is 4.79 Å². The van der Waals surface area contributed by atoms with Crippen LogP contribution in [0.2, 0.25) is 0 Å². The molecule has 0 bridgehead atoms. The molecule has 0 radical (unpaired) electrons. The molecule has 0 saturated heterocycles. The lowest BCUT2D eigenvalue weighted by atomic mass is 10.00. The van der Waals surface area contributed by atoms with E-state index in [1.54, 1.807) is 0 Å². The summed E-state index contributed by atoms with van der Waals surface area (Å²) >= 11 is 7.29. The van der Waals surface area contributed by atoms with Crippen LogP contribution in [0.25, 0.3) is 0 Å². The van der Waals surface area contributed by atoms with E-state index in [-0.39, 0.29) is 11.3 Å². The number of halogens is 1. The van der Waals surface area contributed by atoms with Crippen molar-refractivity contribution in [2.24, 2.45) is 0 Å². The molecule has 1 fully saturated rings. The summed E-state index contributed by atoms with van der Waals surface area (Å²) in [5.41, 5.74) is 0. The van der Waals surface area contributed by atoms with Crippen molar-refractivity contribution in [2.75, 3.05) is 0 Å². The third kappa shape index (κ3) is 3.23. The summed E-state index contributed by atoms with van der Waals surface area (Å²) < 4.78 is 4.85. The molecule has 1 rings (SSSR count). The molecular formula is C8H13ClO2S. The third-order valence-electron chi connectivity index (χ3n) is 1.91. The van der Waals surface area contributed by atoms with Crippen LogP contribution in [0, 0.1) is 0 Å². The van der Waals surface area contributed by atoms with Crippen LogP contribution in [0.15, 0.2) is 0 Å². The summed E-state index contributed by atoms with van der Waals surface area (Å²) in [6, 6.07) is 0. The lowest BCUT2D eigenvalue weighted by molar-refractivity contribution is -0.130. The molecule has 4 heteroatoms. The van der Waals surface area contributed by atoms with E-state index >= 15 is 0 Å². The Morgan fingerprint density at radius 2 is 2.17 bits per heavy atom. The first-order valence-electron chi connectivity index (χ1n) is 4.18. The zero-order valence-electron chi connectivity index (χ0n) is 7.09. The van der Waals surface area contributed by atoms with Crippen molar-refractivity contribution < 1.29 is 8.98 Å². The zero-order valence-corrected chi connectivity index (χ0v) is 8.66. The molecule has 0 aromatic rings. The van der Waals surface area contributed by atoms with Crippen LogP contribution in [-0.2, 0) is 8.98 Å². The summed E-state index contributed by atoms with van der Waals surface area (Å²) in [5.74, 6) is -0.241. The highest BCUT2D eigenvalue weighted by molar-refractivity contribution is 7.95. The molecule has 12 heavy (non-hydrogen) atoms. The average Bonchev–Trinajstić information content (AvgIpc) is 2.03. The lowest BCUT2D eigenvalue weighted by Crippen LogP contribution is -2.22. The number of alkyl halides is 1. The van der Waals surface area contributed by atoms with Gasteiger partial charge in [-0.2, -0.15) is 0 Å². The van der Waals surface area contributed by atoms with E-state index in [1.807, 2.05) is 0 Å². The standard InChI is InChI=1S/C8H13ClO2S/c1-6(10)11-12-8-5-3-2-4-7(8)9/h7-8H,2-5H2,1H3. The van der Waals surface area contributed by atoms with Gasteiger partial charge in [0, 0.05) is 12.3 Å². The molecule has 0 aromatic heterocycles. The van der Waals surface area contributed by atoms with Crippen LogP contribution < -0.4 is 0 Å². The number of hydrogen-bond donors (Lipinski definition) is 0. The van der Waals surface area contributed by atoms with Crippen LogP contribution in [-0.4, -0.2) is 16.6 Å². The van der Waals surface area contributed by atoms with Crippen LogP contribution >= 0.6 is 23.6 Å². The first-order chi connectivity index (χ1) is 5.70. The van der Waals surface area contributed by atoms with Crippen LogP contribution in [0.3, 0.4) is 0 Å². The summed E-state index contributed by atoms with van der Waals surface area (Å²) in [7, 11) is 0. The van der Waals surface area contributed by atoms with Gasteiger partial charge in [-0.15, -0.1) is 11.6 Å². The number of carbonyl (C=O) groups is 1. The Morgan fingerprint density at radius 1 is 1.50 bits per heavy atom. The Kier molecular flexibility index (Phi) is 4.22. The third-order valence-corrected chi connectivity index (χ3v) is 3.73. The molecule has 1 aliphatic carbocycles. The van der Waals surface area contributed by atoms with Gasteiger partial charge in [0.1, 0.15) is 0 Å². The molecule has 0 aliphatic heterocycles. The van der Waals surface area contributed by atoms with Crippen molar-refractivity contribution in [2.45, 2.75) is 43.2 Å². The Morgan fingerprint density at radius 3 is 2.75 bits per heavy atom. The minimum Gasteiger partial charge on any atom is -0.391 e. The van der Waals surface area contributed by atoms with E-state index in [2.05, 4.69) is 0 Å². The topological polar surface area (TPSA) is 26.3 Å². The Hall–Kier alpha value is 0.110. The molecule has 0 heterocycles. The normalized spacial score (nSPS) is 29.8. The summed E-state index contributed by atoms with van der Waals surface area (Å²) in [4.78, 5) is 10.5. The number of rotatable bonds is 2. The first kappa shape index (κ1) is 10.2. The van der Waals surface area contributed by atoms with Crippen molar-refractivity contribution in [3.63, 3.8) is 0 Å². The molecule has 2 atom stereocenters. The SMILES string of the molecule is CC(=O)OSC1CCCCC1Cl. The molecule has 1 aliphatic rings. The van der Waals surface area contributed by atoms with Gasteiger partial charge < -0.3 is 4.18 Å². The summed E-state index contributed by atoms with van der Waals surface area (Å²) in [6.07, 6.45) is 4.50. The smallest absolute Gasteiger partial charge is 0.314 e. The van der Waals surface area contributed by atoms with Gasteiger partial charge in [-0.25, -0.2) is 0 Å². The van der Waals surface area contributed by atoms with E-state index in [1.165, 1.54) is 31.8 Å². The van der Waals surface area contributed by atoms with Crippen LogP contribution in [0.5, 0.6) is 0 Å². The fourth-order valence-corrected chi connectivity index (χ4v) is 2.47. The monoisotopic (exact) mass is 208 g/mol. The van der Waals surface area contributed by atoms with E-state index < -0.39 is 0 Å². The largest absolute Gasteiger partial charge is 0.391 e. The molecular weight excluding hydrogens is 196 g/mol. The quantitative estimate of drug-likeness (QED) is 0.516. The zero-order chi connectivity index (χ0) is 8.97. The van der Waals surface area contributed by atoms with Gasteiger partial charge in [-0.05, 0) is 12.8 Å². The predicted molar refractivity (Wildman–Crippen MR) is 51.3 cm³/mol. The van der Waals surface area contributed by atoms with Crippen molar-refractivity contribution >= 4 is 29.6 Å². The average molecular weight is 209 g/mol. The highest BCUT2D eigenvalue weighted by atomic mass is 35.5. The molecule has 70 valence electrons. The maximum Gasteiger partial charge on any atom is 0.314 e. The molecule has 0 amide bonds. The fraction of sp³-hybridized carbons (Fsp3) is 0.875. The molecule has 2 nitrogen and oxygen atoms in total. The molecule has 0 spiro atoms. The highest BCUT2D eigenvalue weighted by Crippen LogP contribution is 2.32. The Bertz CT molecular complexity index is 163. The minimum absolute atomic E-state index is 0.170.